The second-order valence-corrected chi connectivity index (χ2v) is 4.16. The van der Waals surface area contributed by atoms with Crippen molar-refractivity contribution in [2.24, 2.45) is 11.7 Å². The van der Waals surface area contributed by atoms with Crippen molar-refractivity contribution in [2.45, 2.75) is 32.9 Å². The Kier molecular flexibility index (Phi) is 4.43. The van der Waals surface area contributed by atoms with Gasteiger partial charge in [0.1, 0.15) is 0 Å². The van der Waals surface area contributed by atoms with E-state index in [1.54, 1.807) is 12.4 Å². The van der Waals surface area contributed by atoms with Gasteiger partial charge in [-0.2, -0.15) is 0 Å². The molecule has 1 rings (SSSR count). The molecule has 1 aromatic rings. The van der Waals surface area contributed by atoms with Crippen LogP contribution in [0.15, 0.2) is 24.5 Å². The van der Waals surface area contributed by atoms with Gasteiger partial charge in [0.05, 0.1) is 6.04 Å². The van der Waals surface area contributed by atoms with Gasteiger partial charge in [0.25, 0.3) is 0 Å². The van der Waals surface area contributed by atoms with Crippen LogP contribution in [-0.2, 0) is 4.79 Å². The first-order valence-corrected chi connectivity index (χ1v) is 5.48. The highest BCUT2D eigenvalue weighted by Crippen LogP contribution is 2.11. The summed E-state index contributed by atoms with van der Waals surface area (Å²) in [5, 5.41) is 2.93. The van der Waals surface area contributed by atoms with Gasteiger partial charge in [-0.3, -0.25) is 9.78 Å². The fourth-order valence-electron chi connectivity index (χ4n) is 1.32. The van der Waals surface area contributed by atoms with Crippen LogP contribution < -0.4 is 11.1 Å². The third-order valence-electron chi connectivity index (χ3n) is 2.77. The van der Waals surface area contributed by atoms with Crippen LogP contribution in [0, 0.1) is 5.92 Å². The first kappa shape index (κ1) is 12.6. The van der Waals surface area contributed by atoms with Gasteiger partial charge in [-0.05, 0) is 31.5 Å². The highest BCUT2D eigenvalue weighted by atomic mass is 16.1. The van der Waals surface area contributed by atoms with Gasteiger partial charge in [-0.15, -0.1) is 0 Å². The minimum absolute atomic E-state index is 0.0145. The minimum Gasteiger partial charge on any atom is -0.349 e. The number of pyridine rings is 1. The highest BCUT2D eigenvalue weighted by molar-refractivity contribution is 5.79. The lowest BCUT2D eigenvalue weighted by Crippen LogP contribution is -2.39. The summed E-state index contributed by atoms with van der Waals surface area (Å²) in [6, 6.07) is 3.63. The molecule has 0 aliphatic carbocycles. The third kappa shape index (κ3) is 3.31. The van der Waals surface area contributed by atoms with E-state index in [2.05, 4.69) is 10.3 Å². The van der Waals surface area contributed by atoms with Crippen molar-refractivity contribution in [1.82, 2.24) is 10.3 Å². The van der Waals surface area contributed by atoms with Crippen LogP contribution in [0.4, 0.5) is 0 Å². The van der Waals surface area contributed by atoms with E-state index in [1.807, 2.05) is 32.9 Å². The summed E-state index contributed by atoms with van der Waals surface area (Å²) in [5.74, 6) is -0.191. The lowest BCUT2D eigenvalue weighted by atomic mass is 10.0. The van der Waals surface area contributed by atoms with Gasteiger partial charge >= 0.3 is 0 Å². The molecule has 0 spiro atoms. The molecule has 0 aromatic carbocycles. The fraction of sp³-hybridized carbons (Fsp3) is 0.500. The first-order chi connectivity index (χ1) is 7.52. The number of hydrogen-bond acceptors (Lipinski definition) is 3. The summed E-state index contributed by atoms with van der Waals surface area (Å²) in [4.78, 5) is 15.7. The molecule has 1 amide bonds. The number of carbonyl (C=O) groups is 1. The summed E-state index contributed by atoms with van der Waals surface area (Å²) < 4.78 is 0. The molecule has 16 heavy (non-hydrogen) atoms. The number of amides is 1. The standard InChI is InChI=1S/C12H19N3O/c1-8(9(2)13)12(16)15-10(3)11-4-6-14-7-5-11/h4-10H,13H2,1-3H3,(H,15,16). The summed E-state index contributed by atoms with van der Waals surface area (Å²) in [5.41, 5.74) is 6.72. The van der Waals surface area contributed by atoms with Crippen LogP contribution in [0.25, 0.3) is 0 Å². The molecule has 88 valence electrons. The van der Waals surface area contributed by atoms with Crippen molar-refractivity contribution in [3.05, 3.63) is 30.1 Å². The molecule has 3 unspecified atom stereocenters. The summed E-state index contributed by atoms with van der Waals surface area (Å²) in [7, 11) is 0. The zero-order valence-electron chi connectivity index (χ0n) is 9.97. The maximum absolute atomic E-state index is 11.8. The zero-order valence-corrected chi connectivity index (χ0v) is 9.97. The van der Waals surface area contributed by atoms with E-state index in [0.29, 0.717) is 0 Å². The van der Waals surface area contributed by atoms with Crippen LogP contribution >= 0.6 is 0 Å². The Balaban J connectivity index is 2.58. The van der Waals surface area contributed by atoms with Crippen LogP contribution in [0.1, 0.15) is 32.4 Å². The maximum Gasteiger partial charge on any atom is 0.224 e. The highest BCUT2D eigenvalue weighted by Gasteiger charge is 2.18. The molecule has 4 heteroatoms. The van der Waals surface area contributed by atoms with Gasteiger partial charge in [0.2, 0.25) is 5.91 Å². The number of carbonyl (C=O) groups excluding carboxylic acids is 1. The normalized spacial score (nSPS) is 16.2. The Morgan fingerprint density at radius 3 is 2.38 bits per heavy atom. The zero-order chi connectivity index (χ0) is 12.1. The lowest BCUT2D eigenvalue weighted by molar-refractivity contribution is -0.125. The van der Waals surface area contributed by atoms with Crippen molar-refractivity contribution in [3.8, 4) is 0 Å². The molecular formula is C12H19N3O. The molecule has 0 bridgehead atoms. The predicted molar refractivity (Wildman–Crippen MR) is 63.6 cm³/mol. The monoisotopic (exact) mass is 221 g/mol. The first-order valence-electron chi connectivity index (χ1n) is 5.48. The van der Waals surface area contributed by atoms with Crippen molar-refractivity contribution < 1.29 is 4.79 Å². The van der Waals surface area contributed by atoms with Gasteiger partial charge < -0.3 is 11.1 Å². The predicted octanol–water partition coefficient (Wildman–Crippen LogP) is 1.24. The van der Waals surface area contributed by atoms with Crippen molar-refractivity contribution in [3.63, 3.8) is 0 Å². The number of hydrogen-bond donors (Lipinski definition) is 2. The number of nitrogens with two attached hydrogens (primary N) is 1. The molecular weight excluding hydrogens is 202 g/mol. The molecule has 0 saturated carbocycles. The van der Waals surface area contributed by atoms with Gasteiger partial charge in [-0.1, -0.05) is 6.92 Å². The van der Waals surface area contributed by atoms with Crippen molar-refractivity contribution >= 4 is 5.91 Å². The molecule has 3 atom stereocenters. The molecule has 0 fully saturated rings. The number of nitrogens with zero attached hydrogens (tertiary/aromatic N) is 1. The average molecular weight is 221 g/mol. The summed E-state index contributed by atoms with van der Waals surface area (Å²) >= 11 is 0. The molecule has 1 heterocycles. The van der Waals surface area contributed by atoms with Crippen LogP contribution in [0.5, 0.6) is 0 Å². The smallest absolute Gasteiger partial charge is 0.224 e. The Morgan fingerprint density at radius 1 is 1.31 bits per heavy atom. The lowest BCUT2D eigenvalue weighted by Gasteiger charge is -2.19. The fourth-order valence-corrected chi connectivity index (χ4v) is 1.32. The van der Waals surface area contributed by atoms with Crippen LogP contribution in [0.2, 0.25) is 0 Å². The second-order valence-electron chi connectivity index (χ2n) is 4.16. The topological polar surface area (TPSA) is 68.0 Å². The summed E-state index contributed by atoms with van der Waals surface area (Å²) in [6.45, 7) is 5.61. The number of aromatic nitrogens is 1. The number of nitrogens with one attached hydrogen (secondary N) is 1. The largest absolute Gasteiger partial charge is 0.349 e. The molecule has 0 radical (unpaired) electrons. The SMILES string of the molecule is CC(NC(=O)C(C)C(C)N)c1ccncc1. The Morgan fingerprint density at radius 2 is 1.88 bits per heavy atom. The van der Waals surface area contributed by atoms with E-state index in [0.717, 1.165) is 5.56 Å². The Bertz CT molecular complexity index is 337. The van der Waals surface area contributed by atoms with E-state index < -0.39 is 0 Å². The molecule has 0 aliphatic rings. The molecule has 3 N–H and O–H groups in total. The Hall–Kier alpha value is -1.42. The van der Waals surface area contributed by atoms with Crippen molar-refractivity contribution in [2.75, 3.05) is 0 Å². The second kappa shape index (κ2) is 5.61. The van der Waals surface area contributed by atoms with Crippen molar-refractivity contribution in [1.29, 1.82) is 0 Å². The van der Waals surface area contributed by atoms with E-state index >= 15 is 0 Å². The molecule has 0 aliphatic heterocycles. The van der Waals surface area contributed by atoms with Gasteiger partial charge in [-0.25, -0.2) is 0 Å². The van der Waals surface area contributed by atoms with Gasteiger partial charge in [0, 0.05) is 24.4 Å². The van der Waals surface area contributed by atoms with E-state index in [4.69, 9.17) is 5.73 Å². The minimum atomic E-state index is -0.177. The third-order valence-corrected chi connectivity index (χ3v) is 2.77. The quantitative estimate of drug-likeness (QED) is 0.803. The van der Waals surface area contributed by atoms with E-state index in [-0.39, 0.29) is 23.9 Å². The molecule has 0 saturated heterocycles. The molecule has 1 aromatic heterocycles. The van der Waals surface area contributed by atoms with E-state index in [9.17, 15) is 4.79 Å². The van der Waals surface area contributed by atoms with Crippen LogP contribution in [-0.4, -0.2) is 16.9 Å². The average Bonchev–Trinajstić information content (AvgIpc) is 2.28. The van der Waals surface area contributed by atoms with Gasteiger partial charge in [0.15, 0.2) is 0 Å². The molecule has 4 nitrogen and oxygen atoms in total. The van der Waals surface area contributed by atoms with Crippen LogP contribution in [0.3, 0.4) is 0 Å². The Labute approximate surface area is 96.3 Å². The van der Waals surface area contributed by atoms with E-state index in [1.165, 1.54) is 0 Å². The summed E-state index contributed by atoms with van der Waals surface area (Å²) in [6.07, 6.45) is 3.43. The number of rotatable bonds is 4. The maximum atomic E-state index is 11.8.